The van der Waals surface area contributed by atoms with Crippen molar-refractivity contribution >= 4 is 27.4 Å². The SMILES string of the molecule is Cc1ccc2[nH]cc(C[C@H](C)c3csc(N(C)C)n3)c2c1. The minimum atomic E-state index is 0.425. The number of thiazole rings is 1. The van der Waals surface area contributed by atoms with E-state index in [1.165, 1.54) is 27.7 Å². The molecule has 0 saturated carbocycles. The quantitative estimate of drug-likeness (QED) is 0.777. The second-order valence-corrected chi connectivity index (χ2v) is 6.75. The fraction of sp³-hybridized carbons (Fsp3) is 0.353. The smallest absolute Gasteiger partial charge is 0.184 e. The van der Waals surface area contributed by atoms with Crippen molar-refractivity contribution in [1.82, 2.24) is 9.97 Å². The summed E-state index contributed by atoms with van der Waals surface area (Å²) in [5, 5.41) is 4.59. The van der Waals surface area contributed by atoms with Gasteiger partial charge in [0.05, 0.1) is 5.69 Å². The number of H-pyrrole nitrogens is 1. The van der Waals surface area contributed by atoms with Gasteiger partial charge in [0, 0.05) is 42.5 Å². The number of hydrogen-bond donors (Lipinski definition) is 1. The number of fused-ring (bicyclic) bond motifs is 1. The molecule has 3 rings (SSSR count). The Morgan fingerprint density at radius 3 is 2.86 bits per heavy atom. The zero-order valence-electron chi connectivity index (χ0n) is 13.0. The first kappa shape index (κ1) is 14.1. The van der Waals surface area contributed by atoms with Crippen molar-refractivity contribution in [3.8, 4) is 0 Å². The lowest BCUT2D eigenvalue weighted by atomic mass is 9.98. The van der Waals surface area contributed by atoms with Crippen molar-refractivity contribution in [3.05, 3.63) is 46.6 Å². The molecule has 2 aromatic heterocycles. The number of rotatable bonds is 4. The zero-order chi connectivity index (χ0) is 15.0. The second kappa shape index (κ2) is 5.53. The summed E-state index contributed by atoms with van der Waals surface area (Å²) in [6.07, 6.45) is 3.15. The highest BCUT2D eigenvalue weighted by Gasteiger charge is 2.14. The van der Waals surface area contributed by atoms with Crippen LogP contribution in [0, 0.1) is 6.92 Å². The van der Waals surface area contributed by atoms with Crippen LogP contribution in [0.5, 0.6) is 0 Å². The van der Waals surface area contributed by atoms with Crippen LogP contribution in [-0.4, -0.2) is 24.1 Å². The van der Waals surface area contributed by atoms with Crippen LogP contribution >= 0.6 is 11.3 Å². The summed E-state index contributed by atoms with van der Waals surface area (Å²) in [6.45, 7) is 4.40. The van der Waals surface area contributed by atoms with Gasteiger partial charge < -0.3 is 9.88 Å². The number of anilines is 1. The van der Waals surface area contributed by atoms with Crippen LogP contribution in [-0.2, 0) is 6.42 Å². The average Bonchev–Trinajstić information content (AvgIpc) is 3.06. The lowest BCUT2D eigenvalue weighted by molar-refractivity contribution is 0.739. The largest absolute Gasteiger partial charge is 0.361 e. The van der Waals surface area contributed by atoms with E-state index < -0.39 is 0 Å². The number of benzene rings is 1. The first-order valence-electron chi connectivity index (χ1n) is 7.24. The number of hydrogen-bond acceptors (Lipinski definition) is 3. The molecule has 0 radical (unpaired) electrons. The zero-order valence-corrected chi connectivity index (χ0v) is 13.8. The van der Waals surface area contributed by atoms with E-state index in [1.54, 1.807) is 11.3 Å². The lowest BCUT2D eigenvalue weighted by Gasteiger charge is -2.09. The van der Waals surface area contributed by atoms with E-state index in [0.717, 1.165) is 11.6 Å². The predicted octanol–water partition coefficient (Wildman–Crippen LogP) is 4.35. The summed E-state index contributed by atoms with van der Waals surface area (Å²) < 4.78 is 0. The highest BCUT2D eigenvalue weighted by Crippen LogP contribution is 2.29. The highest BCUT2D eigenvalue weighted by atomic mass is 32.1. The molecular formula is C17H21N3S. The minimum Gasteiger partial charge on any atom is -0.361 e. The molecule has 2 heterocycles. The van der Waals surface area contributed by atoms with Gasteiger partial charge in [-0.1, -0.05) is 18.6 Å². The van der Waals surface area contributed by atoms with E-state index in [1.807, 2.05) is 14.1 Å². The third kappa shape index (κ3) is 2.81. The Kier molecular flexibility index (Phi) is 3.72. The molecule has 0 spiro atoms. The first-order valence-corrected chi connectivity index (χ1v) is 8.12. The summed E-state index contributed by atoms with van der Waals surface area (Å²) in [5.41, 5.74) is 5.08. The van der Waals surface area contributed by atoms with Crippen LogP contribution < -0.4 is 4.90 Å². The lowest BCUT2D eigenvalue weighted by Crippen LogP contribution is -2.08. The standard InChI is InChI=1S/C17H21N3S/c1-11-5-6-15-14(7-11)13(9-18-15)8-12(2)16-10-21-17(19-16)20(3)4/h5-7,9-10,12,18H,8H2,1-4H3/t12-/m0/s1. The number of aromatic nitrogens is 2. The van der Waals surface area contributed by atoms with E-state index >= 15 is 0 Å². The molecule has 0 amide bonds. The molecule has 110 valence electrons. The molecule has 0 aliphatic heterocycles. The Morgan fingerprint density at radius 2 is 2.14 bits per heavy atom. The van der Waals surface area contributed by atoms with E-state index in [9.17, 15) is 0 Å². The third-order valence-corrected chi connectivity index (χ3v) is 4.87. The third-order valence-electron chi connectivity index (χ3n) is 3.85. The molecule has 0 unspecified atom stereocenters. The van der Waals surface area contributed by atoms with Gasteiger partial charge in [0.1, 0.15) is 0 Å². The molecule has 0 bridgehead atoms. The molecule has 0 aliphatic rings. The van der Waals surface area contributed by atoms with Gasteiger partial charge in [0.2, 0.25) is 0 Å². The van der Waals surface area contributed by atoms with Crippen molar-refractivity contribution < 1.29 is 0 Å². The van der Waals surface area contributed by atoms with Crippen molar-refractivity contribution in [3.63, 3.8) is 0 Å². The number of aryl methyl sites for hydroxylation is 1. The molecule has 1 atom stereocenters. The minimum absolute atomic E-state index is 0.425. The van der Waals surface area contributed by atoms with Crippen molar-refractivity contribution in [2.45, 2.75) is 26.2 Å². The van der Waals surface area contributed by atoms with Gasteiger partial charge in [-0.05, 0) is 31.0 Å². The van der Waals surface area contributed by atoms with Crippen LogP contribution in [0.4, 0.5) is 5.13 Å². The topological polar surface area (TPSA) is 31.9 Å². The normalized spacial score (nSPS) is 12.8. The maximum absolute atomic E-state index is 4.72. The molecule has 3 aromatic rings. The van der Waals surface area contributed by atoms with Crippen LogP contribution in [0.15, 0.2) is 29.8 Å². The van der Waals surface area contributed by atoms with Gasteiger partial charge in [-0.25, -0.2) is 4.98 Å². The molecular weight excluding hydrogens is 278 g/mol. The summed E-state index contributed by atoms with van der Waals surface area (Å²) in [6, 6.07) is 6.57. The van der Waals surface area contributed by atoms with Crippen molar-refractivity contribution in [2.24, 2.45) is 0 Å². The van der Waals surface area contributed by atoms with Crippen molar-refractivity contribution in [2.75, 3.05) is 19.0 Å². The Morgan fingerprint density at radius 1 is 1.33 bits per heavy atom. The molecule has 1 N–H and O–H groups in total. The van der Waals surface area contributed by atoms with Gasteiger partial charge in [-0.15, -0.1) is 11.3 Å². The molecule has 21 heavy (non-hydrogen) atoms. The Balaban J connectivity index is 1.85. The van der Waals surface area contributed by atoms with E-state index in [0.29, 0.717) is 5.92 Å². The molecule has 0 fully saturated rings. The first-order chi connectivity index (χ1) is 10.0. The summed E-state index contributed by atoms with van der Waals surface area (Å²) in [7, 11) is 4.07. The van der Waals surface area contributed by atoms with Gasteiger partial charge in [0.15, 0.2) is 5.13 Å². The Labute approximate surface area is 129 Å². The van der Waals surface area contributed by atoms with E-state index in [-0.39, 0.29) is 0 Å². The molecule has 0 saturated heterocycles. The monoisotopic (exact) mass is 299 g/mol. The second-order valence-electron chi connectivity index (χ2n) is 5.92. The Hall–Kier alpha value is -1.81. The number of aromatic amines is 1. The number of nitrogens with zero attached hydrogens (tertiary/aromatic N) is 2. The molecule has 3 nitrogen and oxygen atoms in total. The van der Waals surface area contributed by atoms with E-state index in [4.69, 9.17) is 4.98 Å². The van der Waals surface area contributed by atoms with E-state index in [2.05, 4.69) is 53.5 Å². The van der Waals surface area contributed by atoms with Gasteiger partial charge in [-0.2, -0.15) is 0 Å². The Bertz CT molecular complexity index is 754. The van der Waals surface area contributed by atoms with Crippen LogP contribution in [0.3, 0.4) is 0 Å². The summed E-state index contributed by atoms with van der Waals surface area (Å²) in [4.78, 5) is 10.2. The van der Waals surface area contributed by atoms with Crippen molar-refractivity contribution in [1.29, 1.82) is 0 Å². The van der Waals surface area contributed by atoms with Crippen LogP contribution in [0.1, 0.15) is 29.7 Å². The molecule has 1 aromatic carbocycles. The molecule has 4 heteroatoms. The van der Waals surface area contributed by atoms with Crippen LogP contribution in [0.25, 0.3) is 10.9 Å². The van der Waals surface area contributed by atoms with Gasteiger partial charge in [0.25, 0.3) is 0 Å². The number of nitrogens with one attached hydrogen (secondary N) is 1. The summed E-state index contributed by atoms with van der Waals surface area (Å²) in [5.74, 6) is 0.425. The predicted molar refractivity (Wildman–Crippen MR) is 91.6 cm³/mol. The highest BCUT2D eigenvalue weighted by molar-refractivity contribution is 7.13. The summed E-state index contributed by atoms with van der Waals surface area (Å²) >= 11 is 1.71. The maximum atomic E-state index is 4.72. The fourth-order valence-electron chi connectivity index (χ4n) is 2.60. The van der Waals surface area contributed by atoms with Gasteiger partial charge >= 0.3 is 0 Å². The fourth-order valence-corrected chi connectivity index (χ4v) is 3.48. The molecule has 0 aliphatic carbocycles. The van der Waals surface area contributed by atoms with Gasteiger partial charge in [-0.3, -0.25) is 0 Å². The average molecular weight is 299 g/mol. The van der Waals surface area contributed by atoms with Crippen LogP contribution in [0.2, 0.25) is 0 Å². The maximum Gasteiger partial charge on any atom is 0.184 e.